The number of carbonyl (C=O) groups excluding carboxylic acids is 1. The molecule has 2 rings (SSSR count). The molecule has 0 saturated heterocycles. The lowest BCUT2D eigenvalue weighted by molar-refractivity contribution is 0.0950. The molecule has 0 atom stereocenters. The van der Waals surface area contributed by atoms with Gasteiger partial charge in [0.15, 0.2) is 5.69 Å². The van der Waals surface area contributed by atoms with E-state index in [2.05, 4.69) is 10.4 Å². The minimum Gasteiger partial charge on any atom is -0.399 e. The number of hydrogen-bond donors (Lipinski definition) is 2. The van der Waals surface area contributed by atoms with E-state index >= 15 is 0 Å². The van der Waals surface area contributed by atoms with Gasteiger partial charge in [-0.05, 0) is 37.3 Å². The monoisotopic (exact) mass is 230 g/mol. The van der Waals surface area contributed by atoms with E-state index in [-0.39, 0.29) is 5.91 Å². The standard InChI is InChI=1S/C12H14N4O/c1-2-14-12(17)11-7-8-16(15-11)10-5-3-9(13)4-6-10/h3-8H,2,13H2,1H3,(H,14,17). The molecule has 0 saturated carbocycles. The maximum absolute atomic E-state index is 11.5. The average molecular weight is 230 g/mol. The Bertz CT molecular complexity index is 516. The van der Waals surface area contributed by atoms with E-state index in [4.69, 9.17) is 5.73 Å². The van der Waals surface area contributed by atoms with Crippen LogP contribution in [0.2, 0.25) is 0 Å². The summed E-state index contributed by atoms with van der Waals surface area (Å²) in [5, 5.41) is 6.89. The lowest BCUT2D eigenvalue weighted by Gasteiger charge is -2.01. The second kappa shape index (κ2) is 4.69. The normalized spacial score (nSPS) is 10.2. The first-order chi connectivity index (χ1) is 8.20. The Kier molecular flexibility index (Phi) is 3.09. The highest BCUT2D eigenvalue weighted by atomic mass is 16.1. The van der Waals surface area contributed by atoms with E-state index in [1.807, 2.05) is 19.1 Å². The number of anilines is 1. The van der Waals surface area contributed by atoms with Gasteiger partial charge in [0.25, 0.3) is 5.91 Å². The third-order valence-electron chi connectivity index (χ3n) is 2.32. The number of aromatic nitrogens is 2. The van der Waals surface area contributed by atoms with Crippen molar-refractivity contribution in [3.8, 4) is 5.69 Å². The number of hydrogen-bond acceptors (Lipinski definition) is 3. The van der Waals surface area contributed by atoms with Crippen molar-refractivity contribution in [1.82, 2.24) is 15.1 Å². The summed E-state index contributed by atoms with van der Waals surface area (Å²) < 4.78 is 1.64. The summed E-state index contributed by atoms with van der Waals surface area (Å²) in [7, 11) is 0. The SMILES string of the molecule is CCNC(=O)c1ccn(-c2ccc(N)cc2)n1. The molecule has 5 nitrogen and oxygen atoms in total. The molecule has 0 spiro atoms. The molecule has 1 heterocycles. The Morgan fingerprint density at radius 2 is 2.06 bits per heavy atom. The van der Waals surface area contributed by atoms with Crippen LogP contribution in [0.4, 0.5) is 5.69 Å². The number of carbonyl (C=O) groups is 1. The maximum atomic E-state index is 11.5. The molecular weight excluding hydrogens is 216 g/mol. The summed E-state index contributed by atoms with van der Waals surface area (Å²) in [4.78, 5) is 11.5. The molecule has 1 aromatic heterocycles. The summed E-state index contributed by atoms with van der Waals surface area (Å²) in [5.41, 5.74) is 7.58. The Hall–Kier alpha value is -2.30. The molecule has 88 valence electrons. The van der Waals surface area contributed by atoms with Crippen LogP contribution in [0.1, 0.15) is 17.4 Å². The van der Waals surface area contributed by atoms with E-state index in [1.165, 1.54) is 0 Å². The van der Waals surface area contributed by atoms with Crippen molar-refractivity contribution < 1.29 is 4.79 Å². The summed E-state index contributed by atoms with van der Waals surface area (Å²) in [6.07, 6.45) is 1.75. The first-order valence-electron chi connectivity index (χ1n) is 5.40. The van der Waals surface area contributed by atoms with Gasteiger partial charge < -0.3 is 11.1 Å². The van der Waals surface area contributed by atoms with Crippen LogP contribution in [-0.2, 0) is 0 Å². The summed E-state index contributed by atoms with van der Waals surface area (Å²) in [6.45, 7) is 2.46. The van der Waals surface area contributed by atoms with Crippen molar-refractivity contribution in [3.05, 3.63) is 42.2 Å². The van der Waals surface area contributed by atoms with Crippen molar-refractivity contribution in [1.29, 1.82) is 0 Å². The van der Waals surface area contributed by atoms with E-state index in [0.29, 0.717) is 17.9 Å². The van der Waals surface area contributed by atoms with Crippen LogP contribution in [0, 0.1) is 0 Å². The maximum Gasteiger partial charge on any atom is 0.271 e. The van der Waals surface area contributed by atoms with Gasteiger partial charge in [-0.25, -0.2) is 4.68 Å². The van der Waals surface area contributed by atoms with E-state index in [1.54, 1.807) is 29.1 Å². The molecule has 1 amide bonds. The Morgan fingerprint density at radius 3 is 2.71 bits per heavy atom. The molecule has 0 bridgehead atoms. The van der Waals surface area contributed by atoms with Crippen LogP contribution in [0.5, 0.6) is 0 Å². The van der Waals surface area contributed by atoms with Crippen molar-refractivity contribution in [2.75, 3.05) is 12.3 Å². The van der Waals surface area contributed by atoms with Gasteiger partial charge in [-0.1, -0.05) is 0 Å². The van der Waals surface area contributed by atoms with Gasteiger partial charge in [-0.15, -0.1) is 0 Å². The minimum atomic E-state index is -0.165. The van der Waals surface area contributed by atoms with Crippen molar-refractivity contribution in [2.24, 2.45) is 0 Å². The molecule has 0 aliphatic heterocycles. The summed E-state index contributed by atoms with van der Waals surface area (Å²) >= 11 is 0. The number of benzene rings is 1. The highest BCUT2D eigenvalue weighted by Gasteiger charge is 2.08. The van der Waals surface area contributed by atoms with Crippen LogP contribution in [0.3, 0.4) is 0 Å². The van der Waals surface area contributed by atoms with Gasteiger partial charge in [0.05, 0.1) is 5.69 Å². The number of nitrogen functional groups attached to an aromatic ring is 1. The zero-order valence-corrected chi connectivity index (χ0v) is 9.55. The molecule has 0 unspecified atom stereocenters. The fourth-order valence-electron chi connectivity index (χ4n) is 1.47. The van der Waals surface area contributed by atoms with E-state index < -0.39 is 0 Å². The number of amides is 1. The van der Waals surface area contributed by atoms with E-state index in [0.717, 1.165) is 5.69 Å². The van der Waals surface area contributed by atoms with Gasteiger partial charge >= 0.3 is 0 Å². The quantitative estimate of drug-likeness (QED) is 0.778. The Labute approximate surface area is 99.2 Å². The van der Waals surface area contributed by atoms with Gasteiger partial charge in [0.2, 0.25) is 0 Å². The second-order valence-electron chi connectivity index (χ2n) is 3.60. The fraction of sp³-hybridized carbons (Fsp3) is 0.167. The lowest BCUT2D eigenvalue weighted by atomic mass is 10.3. The van der Waals surface area contributed by atoms with Crippen LogP contribution < -0.4 is 11.1 Å². The smallest absolute Gasteiger partial charge is 0.271 e. The predicted molar refractivity (Wildman–Crippen MR) is 66.0 cm³/mol. The predicted octanol–water partition coefficient (Wildman–Crippen LogP) is 1.20. The van der Waals surface area contributed by atoms with Gasteiger partial charge in [-0.2, -0.15) is 5.10 Å². The first-order valence-corrected chi connectivity index (χ1v) is 5.40. The van der Waals surface area contributed by atoms with Crippen molar-refractivity contribution in [3.63, 3.8) is 0 Å². The number of nitrogens with two attached hydrogens (primary N) is 1. The summed E-state index contributed by atoms with van der Waals surface area (Å²) in [5.74, 6) is -0.165. The zero-order valence-electron chi connectivity index (χ0n) is 9.55. The van der Waals surface area contributed by atoms with Crippen LogP contribution >= 0.6 is 0 Å². The van der Waals surface area contributed by atoms with Gasteiger partial charge in [-0.3, -0.25) is 4.79 Å². The first kappa shape index (κ1) is 11.2. The summed E-state index contributed by atoms with van der Waals surface area (Å²) in [6, 6.07) is 8.97. The Balaban J connectivity index is 2.23. The lowest BCUT2D eigenvalue weighted by Crippen LogP contribution is -2.23. The molecule has 2 aromatic rings. The van der Waals surface area contributed by atoms with Gasteiger partial charge in [0, 0.05) is 18.4 Å². The molecule has 0 fully saturated rings. The van der Waals surface area contributed by atoms with Gasteiger partial charge in [0.1, 0.15) is 0 Å². The number of nitrogens with one attached hydrogen (secondary N) is 1. The molecule has 3 N–H and O–H groups in total. The topological polar surface area (TPSA) is 72.9 Å². The van der Waals surface area contributed by atoms with Crippen LogP contribution in [-0.4, -0.2) is 22.2 Å². The van der Waals surface area contributed by atoms with E-state index in [9.17, 15) is 4.79 Å². The third-order valence-corrected chi connectivity index (χ3v) is 2.32. The second-order valence-corrected chi connectivity index (χ2v) is 3.60. The Morgan fingerprint density at radius 1 is 1.35 bits per heavy atom. The van der Waals surface area contributed by atoms with Crippen molar-refractivity contribution >= 4 is 11.6 Å². The molecule has 17 heavy (non-hydrogen) atoms. The van der Waals surface area contributed by atoms with Crippen LogP contribution in [0.25, 0.3) is 5.69 Å². The molecular formula is C12H14N4O. The largest absolute Gasteiger partial charge is 0.399 e. The third kappa shape index (κ3) is 2.44. The molecule has 5 heteroatoms. The minimum absolute atomic E-state index is 0.165. The highest BCUT2D eigenvalue weighted by Crippen LogP contribution is 2.10. The highest BCUT2D eigenvalue weighted by molar-refractivity contribution is 5.92. The molecule has 1 aromatic carbocycles. The molecule has 0 aliphatic carbocycles. The molecule has 0 aliphatic rings. The average Bonchev–Trinajstić information content (AvgIpc) is 2.80. The molecule has 0 radical (unpaired) electrons. The van der Waals surface area contributed by atoms with Crippen LogP contribution in [0.15, 0.2) is 36.5 Å². The van der Waals surface area contributed by atoms with Crippen molar-refractivity contribution in [2.45, 2.75) is 6.92 Å². The fourth-order valence-corrected chi connectivity index (χ4v) is 1.47. The number of nitrogens with zero attached hydrogens (tertiary/aromatic N) is 2. The number of rotatable bonds is 3. The zero-order chi connectivity index (χ0) is 12.3.